The molecule has 0 N–H and O–H groups in total. The van der Waals surface area contributed by atoms with Crippen molar-refractivity contribution in [3.8, 4) is 0 Å². The van der Waals surface area contributed by atoms with Crippen molar-refractivity contribution >= 4 is 0 Å². The molecule has 2 aromatic heterocycles. The Balaban J connectivity index is 1.40. The highest BCUT2D eigenvalue weighted by Crippen LogP contribution is 2.45. The molecule has 0 spiro atoms. The third-order valence-electron chi connectivity index (χ3n) is 5.87. The molecule has 6 nitrogen and oxygen atoms in total. The number of hydrogen-bond acceptors (Lipinski definition) is 4. The lowest BCUT2D eigenvalue weighted by molar-refractivity contribution is 0.236. The Kier molecular flexibility index (Phi) is 3.51. The van der Waals surface area contributed by atoms with Gasteiger partial charge in [0.1, 0.15) is 5.82 Å². The molecule has 1 atom stereocenters. The number of fused-ring (bicyclic) bond motifs is 1. The lowest BCUT2D eigenvalue weighted by Crippen LogP contribution is -2.35. The molecule has 0 saturated heterocycles. The Bertz CT molecular complexity index is 1000. The summed E-state index contributed by atoms with van der Waals surface area (Å²) in [7, 11) is 0. The molecule has 1 aliphatic heterocycles. The molecular weight excluding hydrogens is 326 g/mol. The number of rotatable bonds is 3. The Labute approximate surface area is 151 Å². The van der Waals surface area contributed by atoms with Crippen molar-refractivity contribution in [1.29, 1.82) is 0 Å². The zero-order valence-electron chi connectivity index (χ0n) is 14.7. The fourth-order valence-corrected chi connectivity index (χ4v) is 4.40. The first-order valence-corrected chi connectivity index (χ1v) is 9.23. The number of hydrogen-bond donors (Lipinski definition) is 0. The SMILES string of the molecule is Cc1ccccc1C1CC(n2nc3n(c2=O)[C@H](c2cnccn2)CC3)C1. The van der Waals surface area contributed by atoms with Gasteiger partial charge in [-0.15, -0.1) is 0 Å². The Hall–Kier alpha value is -2.76. The summed E-state index contributed by atoms with van der Waals surface area (Å²) in [5.74, 6) is 1.41. The van der Waals surface area contributed by atoms with Crippen molar-refractivity contribution < 1.29 is 0 Å². The molecule has 0 unspecified atom stereocenters. The summed E-state index contributed by atoms with van der Waals surface area (Å²) in [5.41, 5.74) is 3.58. The van der Waals surface area contributed by atoms with Gasteiger partial charge in [-0.25, -0.2) is 9.48 Å². The number of benzene rings is 1. The van der Waals surface area contributed by atoms with Gasteiger partial charge in [0.05, 0.1) is 24.0 Å². The van der Waals surface area contributed by atoms with E-state index < -0.39 is 0 Å². The summed E-state index contributed by atoms with van der Waals surface area (Å²) < 4.78 is 3.54. The second-order valence-corrected chi connectivity index (χ2v) is 7.38. The topological polar surface area (TPSA) is 65.6 Å². The predicted octanol–water partition coefficient (Wildman–Crippen LogP) is 2.80. The molecular formula is C20H21N5O. The van der Waals surface area contributed by atoms with Crippen molar-refractivity contribution in [3.05, 3.63) is 76.0 Å². The maximum atomic E-state index is 13.0. The molecule has 1 aliphatic carbocycles. The first kappa shape index (κ1) is 15.5. The van der Waals surface area contributed by atoms with Gasteiger partial charge in [-0.1, -0.05) is 24.3 Å². The quantitative estimate of drug-likeness (QED) is 0.731. The van der Waals surface area contributed by atoms with Crippen molar-refractivity contribution in [1.82, 2.24) is 24.3 Å². The van der Waals surface area contributed by atoms with Gasteiger partial charge in [-0.3, -0.25) is 14.5 Å². The van der Waals surface area contributed by atoms with Crippen LogP contribution >= 0.6 is 0 Å². The van der Waals surface area contributed by atoms with Crippen LogP contribution in [0.25, 0.3) is 0 Å². The predicted molar refractivity (Wildman–Crippen MR) is 97.2 cm³/mol. The van der Waals surface area contributed by atoms with Gasteiger partial charge in [0.25, 0.3) is 0 Å². The second-order valence-electron chi connectivity index (χ2n) is 7.38. The van der Waals surface area contributed by atoms with Crippen LogP contribution in [0.3, 0.4) is 0 Å². The molecule has 0 radical (unpaired) electrons. The van der Waals surface area contributed by atoms with Gasteiger partial charge in [0, 0.05) is 18.8 Å². The Morgan fingerprint density at radius 1 is 1.15 bits per heavy atom. The zero-order valence-corrected chi connectivity index (χ0v) is 14.7. The first-order valence-electron chi connectivity index (χ1n) is 9.23. The van der Waals surface area contributed by atoms with E-state index in [4.69, 9.17) is 0 Å². The van der Waals surface area contributed by atoms with Crippen molar-refractivity contribution in [2.75, 3.05) is 0 Å². The maximum Gasteiger partial charge on any atom is 0.346 e. The van der Waals surface area contributed by atoms with Gasteiger partial charge in [-0.05, 0) is 43.2 Å². The molecule has 1 aromatic carbocycles. The van der Waals surface area contributed by atoms with E-state index in [0.717, 1.165) is 37.2 Å². The molecule has 26 heavy (non-hydrogen) atoms. The van der Waals surface area contributed by atoms with E-state index in [0.29, 0.717) is 5.92 Å². The lowest BCUT2D eigenvalue weighted by Gasteiger charge is -2.36. The Morgan fingerprint density at radius 2 is 2.00 bits per heavy atom. The van der Waals surface area contributed by atoms with Crippen molar-refractivity contribution in [2.24, 2.45) is 0 Å². The molecule has 3 heterocycles. The van der Waals surface area contributed by atoms with Crippen LogP contribution in [0.4, 0.5) is 0 Å². The third kappa shape index (κ3) is 2.32. The largest absolute Gasteiger partial charge is 0.346 e. The molecule has 2 aliphatic rings. The van der Waals surface area contributed by atoms with Crippen LogP contribution in [0.1, 0.15) is 59.9 Å². The standard InChI is InChI=1S/C20H21N5O/c1-13-4-2-3-5-16(13)14-10-15(11-14)25-20(26)24-18(6-7-19(24)23-25)17-12-21-8-9-22-17/h2-5,8-9,12,14-15,18H,6-7,10-11H2,1H3/t14?,15?,18-/m0/s1. The van der Waals surface area contributed by atoms with Crippen LogP contribution in [-0.4, -0.2) is 24.3 Å². The number of nitrogens with zero attached hydrogens (tertiary/aromatic N) is 5. The minimum atomic E-state index is -0.0350. The smallest absolute Gasteiger partial charge is 0.270 e. The highest BCUT2D eigenvalue weighted by molar-refractivity contribution is 5.31. The van der Waals surface area contributed by atoms with E-state index in [2.05, 4.69) is 46.3 Å². The van der Waals surface area contributed by atoms with Crippen LogP contribution in [0.2, 0.25) is 0 Å². The van der Waals surface area contributed by atoms with Crippen LogP contribution < -0.4 is 5.69 Å². The van der Waals surface area contributed by atoms with Crippen molar-refractivity contribution in [3.63, 3.8) is 0 Å². The molecule has 1 fully saturated rings. The highest BCUT2D eigenvalue weighted by atomic mass is 16.2. The summed E-state index contributed by atoms with van der Waals surface area (Å²) in [4.78, 5) is 21.5. The average molecular weight is 347 g/mol. The molecule has 6 heteroatoms. The fourth-order valence-electron chi connectivity index (χ4n) is 4.40. The van der Waals surface area contributed by atoms with Gasteiger partial charge >= 0.3 is 5.69 Å². The average Bonchev–Trinajstić information content (AvgIpc) is 3.17. The third-order valence-corrected chi connectivity index (χ3v) is 5.87. The first-order chi connectivity index (χ1) is 12.7. The summed E-state index contributed by atoms with van der Waals surface area (Å²) in [6.07, 6.45) is 8.74. The Morgan fingerprint density at radius 3 is 2.77 bits per heavy atom. The van der Waals surface area contributed by atoms with Crippen LogP contribution in [-0.2, 0) is 6.42 Å². The van der Waals surface area contributed by atoms with Gasteiger partial charge in [0.2, 0.25) is 0 Å². The molecule has 0 bridgehead atoms. The number of aromatic nitrogens is 5. The molecule has 1 saturated carbocycles. The minimum Gasteiger partial charge on any atom is -0.270 e. The monoisotopic (exact) mass is 347 g/mol. The summed E-state index contributed by atoms with van der Waals surface area (Å²) in [6.45, 7) is 2.16. The highest BCUT2D eigenvalue weighted by Gasteiger charge is 2.37. The lowest BCUT2D eigenvalue weighted by atomic mass is 9.74. The van der Waals surface area contributed by atoms with Crippen molar-refractivity contribution in [2.45, 2.75) is 50.6 Å². The summed E-state index contributed by atoms with van der Waals surface area (Å²) in [5, 5.41) is 4.66. The normalized spacial score (nSPS) is 24.3. The van der Waals surface area contributed by atoms with Crippen LogP contribution in [0.5, 0.6) is 0 Å². The minimum absolute atomic E-state index is 0.00128. The van der Waals surface area contributed by atoms with E-state index >= 15 is 0 Å². The second kappa shape index (κ2) is 5.90. The van der Waals surface area contributed by atoms with E-state index in [1.54, 1.807) is 23.3 Å². The van der Waals surface area contributed by atoms with Gasteiger partial charge < -0.3 is 0 Å². The molecule has 5 rings (SSSR count). The van der Waals surface area contributed by atoms with Crippen LogP contribution in [0.15, 0.2) is 47.7 Å². The number of aryl methyl sites for hydroxylation is 2. The molecule has 0 amide bonds. The summed E-state index contributed by atoms with van der Waals surface area (Å²) in [6, 6.07) is 8.70. The summed E-state index contributed by atoms with van der Waals surface area (Å²) >= 11 is 0. The fraction of sp³-hybridized carbons (Fsp3) is 0.400. The van der Waals surface area contributed by atoms with E-state index in [1.807, 2.05) is 4.57 Å². The van der Waals surface area contributed by atoms with E-state index in [-0.39, 0.29) is 17.8 Å². The van der Waals surface area contributed by atoms with Crippen LogP contribution in [0, 0.1) is 6.92 Å². The van der Waals surface area contributed by atoms with E-state index in [1.165, 1.54) is 11.1 Å². The van der Waals surface area contributed by atoms with Gasteiger partial charge in [-0.2, -0.15) is 5.10 Å². The van der Waals surface area contributed by atoms with E-state index in [9.17, 15) is 4.79 Å². The zero-order chi connectivity index (χ0) is 17.7. The maximum absolute atomic E-state index is 13.0. The molecule has 3 aromatic rings. The molecule has 132 valence electrons. The van der Waals surface area contributed by atoms with Gasteiger partial charge in [0.15, 0.2) is 0 Å².